The third kappa shape index (κ3) is 4.52. The van der Waals surface area contributed by atoms with Crippen LogP contribution in [0.2, 0.25) is 10.0 Å². The molecule has 0 spiro atoms. The van der Waals surface area contributed by atoms with Crippen molar-refractivity contribution in [3.05, 3.63) is 69.5 Å². The van der Waals surface area contributed by atoms with Gasteiger partial charge in [0.15, 0.2) is 5.78 Å². The highest BCUT2D eigenvalue weighted by atomic mass is 35.5. The first-order valence-electron chi connectivity index (χ1n) is 10.6. The highest BCUT2D eigenvalue weighted by Crippen LogP contribution is 2.41. The van der Waals surface area contributed by atoms with Gasteiger partial charge in [0.1, 0.15) is 12.4 Å². The summed E-state index contributed by atoms with van der Waals surface area (Å²) in [6.07, 6.45) is 1.91. The van der Waals surface area contributed by atoms with Crippen LogP contribution in [-0.4, -0.2) is 40.1 Å². The van der Waals surface area contributed by atoms with E-state index in [0.29, 0.717) is 12.8 Å². The third-order valence-electron chi connectivity index (χ3n) is 6.27. The van der Waals surface area contributed by atoms with E-state index in [9.17, 15) is 23.6 Å². The second-order valence-corrected chi connectivity index (χ2v) is 9.36. The predicted octanol–water partition coefficient (Wildman–Crippen LogP) is 4.79. The zero-order valence-corrected chi connectivity index (χ0v) is 19.3. The number of hydrazine groups is 1. The molecule has 0 aromatic heterocycles. The van der Waals surface area contributed by atoms with Gasteiger partial charge >= 0.3 is 0 Å². The number of rotatable bonds is 5. The Kier molecular flexibility index (Phi) is 6.54. The first-order valence-corrected chi connectivity index (χ1v) is 11.4. The van der Waals surface area contributed by atoms with E-state index in [-0.39, 0.29) is 27.1 Å². The quantitative estimate of drug-likeness (QED) is 0.445. The number of nitrogens with zero attached hydrogens (tertiary/aromatic N) is 2. The molecular weight excluding hydrogens is 470 g/mol. The molecule has 0 bridgehead atoms. The molecule has 6 nitrogen and oxygen atoms in total. The number of carbonyl (C=O) groups excluding carboxylic acids is 4. The topological polar surface area (TPSA) is 74.8 Å². The fraction of sp³-hybridized carbons (Fsp3) is 0.333. The molecule has 33 heavy (non-hydrogen) atoms. The molecule has 1 heterocycles. The largest absolute Gasteiger partial charge is 0.292 e. The lowest BCUT2D eigenvalue weighted by Crippen LogP contribution is -2.52. The van der Waals surface area contributed by atoms with E-state index < -0.39 is 47.7 Å². The van der Waals surface area contributed by atoms with E-state index in [2.05, 4.69) is 0 Å². The molecule has 3 atom stereocenters. The van der Waals surface area contributed by atoms with Gasteiger partial charge in [-0.15, -0.1) is 0 Å². The Hall–Kier alpha value is -2.77. The molecular formula is C24H21Cl2FN2O4. The van der Waals surface area contributed by atoms with Crippen LogP contribution in [0.25, 0.3) is 0 Å². The number of ketones is 1. The minimum absolute atomic E-state index is 0.0696. The lowest BCUT2D eigenvalue weighted by Gasteiger charge is -2.30. The van der Waals surface area contributed by atoms with Gasteiger partial charge in [-0.1, -0.05) is 30.1 Å². The first-order chi connectivity index (χ1) is 15.7. The van der Waals surface area contributed by atoms with Gasteiger partial charge in [0, 0.05) is 11.1 Å². The SMILES string of the molecule is C[C@@H]1CC[C@@H]2C(=O)N(N(CC(=O)c3ccc(F)cc3)C(=O)c3ccc(Cl)c(Cl)c3)C(=O)[C@@H]2C1. The van der Waals surface area contributed by atoms with E-state index in [1.54, 1.807) is 0 Å². The average Bonchev–Trinajstić information content (AvgIpc) is 3.03. The number of hydrogen-bond donors (Lipinski definition) is 0. The van der Waals surface area contributed by atoms with Crippen LogP contribution in [0.15, 0.2) is 42.5 Å². The van der Waals surface area contributed by atoms with Gasteiger partial charge in [-0.2, -0.15) is 5.01 Å². The van der Waals surface area contributed by atoms with Gasteiger partial charge in [-0.3, -0.25) is 19.2 Å². The molecule has 2 aromatic rings. The van der Waals surface area contributed by atoms with E-state index >= 15 is 0 Å². The summed E-state index contributed by atoms with van der Waals surface area (Å²) in [4.78, 5) is 52.9. The van der Waals surface area contributed by atoms with Crippen molar-refractivity contribution in [3.8, 4) is 0 Å². The Morgan fingerprint density at radius 3 is 2.27 bits per heavy atom. The Morgan fingerprint density at radius 2 is 1.61 bits per heavy atom. The summed E-state index contributed by atoms with van der Waals surface area (Å²) < 4.78 is 13.3. The summed E-state index contributed by atoms with van der Waals surface area (Å²) in [6, 6.07) is 8.98. The fourth-order valence-corrected chi connectivity index (χ4v) is 4.78. The van der Waals surface area contributed by atoms with Crippen molar-refractivity contribution in [3.63, 3.8) is 0 Å². The molecule has 1 aliphatic carbocycles. The van der Waals surface area contributed by atoms with E-state index in [0.717, 1.165) is 28.6 Å². The molecule has 1 aliphatic heterocycles. The van der Waals surface area contributed by atoms with Crippen molar-refractivity contribution < 1.29 is 23.6 Å². The number of halogens is 3. The minimum Gasteiger partial charge on any atom is -0.292 e. The molecule has 1 saturated carbocycles. The van der Waals surface area contributed by atoms with Gasteiger partial charge in [0.25, 0.3) is 17.7 Å². The molecule has 4 rings (SSSR count). The van der Waals surface area contributed by atoms with E-state index in [1.165, 1.54) is 30.3 Å². The summed E-state index contributed by atoms with van der Waals surface area (Å²) in [5.74, 6) is -3.54. The standard InChI is InChI=1S/C24H21Cl2FN2O4/c1-13-2-8-17-18(10-13)24(33)29(23(17)32)28(12-21(30)14-3-6-16(27)7-4-14)22(31)15-5-9-19(25)20(26)11-15/h3-7,9,11,13,17-18H,2,8,10,12H2,1H3/t13-,17+,18-/m1/s1. The molecule has 2 aromatic carbocycles. The number of carbonyl (C=O) groups is 4. The monoisotopic (exact) mass is 490 g/mol. The number of hydrogen-bond acceptors (Lipinski definition) is 4. The smallest absolute Gasteiger partial charge is 0.273 e. The van der Waals surface area contributed by atoms with Gasteiger partial charge in [-0.05, 0) is 67.6 Å². The molecule has 3 amide bonds. The van der Waals surface area contributed by atoms with Crippen molar-refractivity contribution in [2.24, 2.45) is 17.8 Å². The number of imide groups is 1. The maximum Gasteiger partial charge on any atom is 0.273 e. The number of amides is 3. The number of Topliss-reactive ketones (excluding diaryl/α,β-unsaturated/α-hetero) is 1. The molecule has 0 unspecified atom stereocenters. The van der Waals surface area contributed by atoms with Crippen LogP contribution >= 0.6 is 23.2 Å². The van der Waals surface area contributed by atoms with Crippen LogP contribution in [0.3, 0.4) is 0 Å². The van der Waals surface area contributed by atoms with Gasteiger partial charge in [0.2, 0.25) is 0 Å². The van der Waals surface area contributed by atoms with Crippen LogP contribution in [0, 0.1) is 23.6 Å². The zero-order chi connectivity index (χ0) is 23.9. The van der Waals surface area contributed by atoms with Crippen molar-refractivity contribution in [1.29, 1.82) is 0 Å². The maximum atomic E-state index is 13.4. The summed E-state index contributed by atoms with van der Waals surface area (Å²) in [5, 5.41) is 2.04. The van der Waals surface area contributed by atoms with E-state index in [1.807, 2.05) is 6.92 Å². The van der Waals surface area contributed by atoms with Crippen LogP contribution < -0.4 is 0 Å². The first kappa shape index (κ1) is 23.4. The average molecular weight is 491 g/mol. The lowest BCUT2D eigenvalue weighted by molar-refractivity contribution is -0.154. The van der Waals surface area contributed by atoms with Crippen LogP contribution in [0.4, 0.5) is 4.39 Å². The Morgan fingerprint density at radius 1 is 0.970 bits per heavy atom. The predicted molar refractivity (Wildman–Crippen MR) is 120 cm³/mol. The van der Waals surface area contributed by atoms with E-state index in [4.69, 9.17) is 23.2 Å². The molecule has 0 radical (unpaired) electrons. The second-order valence-electron chi connectivity index (χ2n) is 8.54. The molecule has 2 fully saturated rings. The number of fused-ring (bicyclic) bond motifs is 1. The second kappa shape index (κ2) is 9.23. The van der Waals surface area contributed by atoms with Gasteiger partial charge < -0.3 is 0 Å². The van der Waals surface area contributed by atoms with Crippen molar-refractivity contribution in [1.82, 2.24) is 10.0 Å². The lowest BCUT2D eigenvalue weighted by atomic mass is 9.76. The normalized spacial score (nSPS) is 22.3. The maximum absolute atomic E-state index is 13.4. The third-order valence-corrected chi connectivity index (χ3v) is 7.01. The highest BCUT2D eigenvalue weighted by Gasteiger charge is 2.52. The molecule has 0 N–H and O–H groups in total. The Bertz CT molecular complexity index is 1140. The number of benzene rings is 2. The summed E-state index contributed by atoms with van der Waals surface area (Å²) in [5.41, 5.74) is 0.216. The van der Waals surface area contributed by atoms with Crippen molar-refractivity contribution in [2.75, 3.05) is 6.54 Å². The molecule has 2 aliphatic rings. The molecule has 1 saturated heterocycles. The van der Waals surface area contributed by atoms with Crippen LogP contribution in [0.1, 0.15) is 46.9 Å². The minimum atomic E-state index is -0.738. The molecule has 172 valence electrons. The van der Waals surface area contributed by atoms with Crippen LogP contribution in [-0.2, 0) is 9.59 Å². The van der Waals surface area contributed by atoms with Gasteiger partial charge in [-0.25, -0.2) is 9.40 Å². The highest BCUT2D eigenvalue weighted by molar-refractivity contribution is 6.42. The summed E-state index contributed by atoms with van der Waals surface area (Å²) in [7, 11) is 0. The van der Waals surface area contributed by atoms with Gasteiger partial charge in [0.05, 0.1) is 21.9 Å². The molecule has 9 heteroatoms. The van der Waals surface area contributed by atoms with Crippen molar-refractivity contribution in [2.45, 2.75) is 26.2 Å². The Labute approximate surface area is 200 Å². The summed E-state index contributed by atoms with van der Waals surface area (Å²) in [6.45, 7) is 1.45. The fourth-order valence-electron chi connectivity index (χ4n) is 4.48. The van der Waals surface area contributed by atoms with Crippen LogP contribution in [0.5, 0.6) is 0 Å². The summed E-state index contributed by atoms with van der Waals surface area (Å²) >= 11 is 12.0. The van der Waals surface area contributed by atoms with Crippen molar-refractivity contribution >= 4 is 46.7 Å². The zero-order valence-electron chi connectivity index (χ0n) is 17.8. The Balaban J connectivity index is 1.70.